The van der Waals surface area contributed by atoms with Gasteiger partial charge in [0.1, 0.15) is 24.7 Å². The van der Waals surface area contributed by atoms with Crippen molar-refractivity contribution in [2.24, 2.45) is 0 Å². The molecule has 0 aliphatic carbocycles. The topological polar surface area (TPSA) is 55.8 Å². The first-order valence-electron chi connectivity index (χ1n) is 8.83. The molecule has 4 nitrogen and oxygen atoms in total. The summed E-state index contributed by atoms with van der Waals surface area (Å²) in [6.45, 7) is 2.45. The fourth-order valence-corrected chi connectivity index (χ4v) is 2.70. The van der Waals surface area contributed by atoms with Gasteiger partial charge in [-0.3, -0.25) is 4.79 Å². The maximum Gasteiger partial charge on any atom is 0.310 e. The van der Waals surface area contributed by atoms with E-state index in [2.05, 4.69) is 0 Å². The van der Waals surface area contributed by atoms with Crippen LogP contribution in [0.5, 0.6) is 11.5 Å². The van der Waals surface area contributed by atoms with Crippen LogP contribution in [0.15, 0.2) is 78.9 Å². The minimum atomic E-state index is -0.891. The van der Waals surface area contributed by atoms with Gasteiger partial charge >= 0.3 is 5.97 Å². The van der Waals surface area contributed by atoms with Gasteiger partial charge in [0.2, 0.25) is 0 Å². The molecule has 0 aliphatic heterocycles. The van der Waals surface area contributed by atoms with Crippen molar-refractivity contribution in [3.8, 4) is 11.5 Å². The number of benzene rings is 3. The third-order valence-corrected chi connectivity index (χ3v) is 4.31. The van der Waals surface area contributed by atoms with Gasteiger partial charge < -0.3 is 14.6 Å². The van der Waals surface area contributed by atoms with Crippen LogP contribution in [-0.4, -0.2) is 11.1 Å². The van der Waals surface area contributed by atoms with Crippen LogP contribution >= 0.6 is 0 Å². The highest BCUT2D eigenvalue weighted by atomic mass is 16.5. The summed E-state index contributed by atoms with van der Waals surface area (Å²) in [5.74, 6) is -0.390. The lowest BCUT2D eigenvalue weighted by atomic mass is 10.00. The van der Waals surface area contributed by atoms with E-state index >= 15 is 0 Å². The van der Waals surface area contributed by atoms with Gasteiger partial charge in [0.25, 0.3) is 0 Å². The molecule has 0 saturated heterocycles. The molecule has 0 saturated carbocycles. The molecule has 138 valence electrons. The predicted molar refractivity (Wildman–Crippen MR) is 104 cm³/mol. The van der Waals surface area contributed by atoms with Crippen LogP contribution in [0, 0.1) is 0 Å². The number of ether oxygens (including phenoxy) is 2. The molecule has 0 fully saturated rings. The molecule has 1 atom stereocenters. The van der Waals surface area contributed by atoms with Crippen LogP contribution in [-0.2, 0) is 18.0 Å². The van der Waals surface area contributed by atoms with E-state index in [-0.39, 0.29) is 0 Å². The normalized spacial score (nSPS) is 11.6. The van der Waals surface area contributed by atoms with Gasteiger partial charge in [-0.1, -0.05) is 66.7 Å². The molecule has 1 unspecified atom stereocenters. The van der Waals surface area contributed by atoms with Crippen molar-refractivity contribution in [2.45, 2.75) is 26.1 Å². The van der Waals surface area contributed by atoms with Crippen molar-refractivity contribution in [2.75, 3.05) is 0 Å². The molecule has 0 amide bonds. The zero-order valence-corrected chi connectivity index (χ0v) is 15.2. The Bertz CT molecular complexity index is 875. The molecule has 3 rings (SSSR count). The highest BCUT2D eigenvalue weighted by Crippen LogP contribution is 2.32. The number of carboxylic acids is 1. The first kappa shape index (κ1) is 18.5. The summed E-state index contributed by atoms with van der Waals surface area (Å²) in [5.41, 5.74) is 2.71. The average molecular weight is 362 g/mol. The Balaban J connectivity index is 1.78. The molecular weight excluding hydrogens is 340 g/mol. The van der Waals surface area contributed by atoms with E-state index in [0.29, 0.717) is 30.3 Å². The van der Waals surface area contributed by atoms with Crippen molar-refractivity contribution in [1.29, 1.82) is 0 Å². The molecule has 0 heterocycles. The van der Waals surface area contributed by atoms with Crippen LogP contribution in [0.3, 0.4) is 0 Å². The van der Waals surface area contributed by atoms with Gasteiger partial charge in [0.15, 0.2) is 0 Å². The maximum absolute atomic E-state index is 11.4. The SMILES string of the molecule is CC(C(=O)O)c1ccc(OCc2ccccc2)cc1OCc1ccccc1. The standard InChI is InChI=1S/C23H22O4/c1-17(23(24)25)21-13-12-20(26-15-18-8-4-2-5-9-18)14-22(21)27-16-19-10-6-3-7-11-19/h2-14,17H,15-16H2,1H3,(H,24,25). The minimum Gasteiger partial charge on any atom is -0.489 e. The lowest BCUT2D eigenvalue weighted by Gasteiger charge is -2.16. The molecule has 0 aliphatic rings. The highest BCUT2D eigenvalue weighted by molar-refractivity contribution is 5.76. The van der Waals surface area contributed by atoms with Crippen LogP contribution in [0.1, 0.15) is 29.5 Å². The molecule has 27 heavy (non-hydrogen) atoms. The van der Waals surface area contributed by atoms with Crippen molar-refractivity contribution in [1.82, 2.24) is 0 Å². The second kappa shape index (κ2) is 8.90. The van der Waals surface area contributed by atoms with Crippen molar-refractivity contribution in [3.63, 3.8) is 0 Å². The Morgan fingerprint density at radius 2 is 1.41 bits per heavy atom. The van der Waals surface area contributed by atoms with Crippen LogP contribution in [0.4, 0.5) is 0 Å². The summed E-state index contributed by atoms with van der Waals surface area (Å²) >= 11 is 0. The number of hydrogen-bond donors (Lipinski definition) is 1. The second-order valence-electron chi connectivity index (χ2n) is 6.31. The van der Waals surface area contributed by atoms with E-state index in [1.165, 1.54) is 0 Å². The first-order valence-corrected chi connectivity index (χ1v) is 8.83. The molecule has 3 aromatic rings. The van der Waals surface area contributed by atoms with Crippen LogP contribution in [0.25, 0.3) is 0 Å². The monoisotopic (exact) mass is 362 g/mol. The number of rotatable bonds is 8. The average Bonchev–Trinajstić information content (AvgIpc) is 2.71. The van der Waals surface area contributed by atoms with Gasteiger partial charge in [0.05, 0.1) is 5.92 Å². The summed E-state index contributed by atoms with van der Waals surface area (Å²) < 4.78 is 11.8. The van der Waals surface area contributed by atoms with Crippen molar-refractivity contribution in [3.05, 3.63) is 95.6 Å². The molecule has 0 bridgehead atoms. The van der Waals surface area contributed by atoms with Gasteiger partial charge in [0, 0.05) is 11.6 Å². The van der Waals surface area contributed by atoms with Gasteiger partial charge in [-0.15, -0.1) is 0 Å². The number of hydrogen-bond acceptors (Lipinski definition) is 3. The molecule has 0 radical (unpaired) electrons. The van der Waals surface area contributed by atoms with Crippen molar-refractivity contribution >= 4 is 5.97 Å². The zero-order chi connectivity index (χ0) is 19.1. The number of carboxylic acid groups (broad SMARTS) is 1. The first-order chi connectivity index (χ1) is 13.1. The lowest BCUT2D eigenvalue weighted by Crippen LogP contribution is -2.10. The summed E-state index contributed by atoms with van der Waals surface area (Å²) in [6.07, 6.45) is 0. The van der Waals surface area contributed by atoms with Gasteiger partial charge in [-0.25, -0.2) is 0 Å². The molecule has 0 spiro atoms. The van der Waals surface area contributed by atoms with Crippen molar-refractivity contribution < 1.29 is 19.4 Å². The van der Waals surface area contributed by atoms with E-state index in [1.54, 1.807) is 25.1 Å². The highest BCUT2D eigenvalue weighted by Gasteiger charge is 2.19. The fraction of sp³-hybridized carbons (Fsp3) is 0.174. The van der Waals surface area contributed by atoms with E-state index in [9.17, 15) is 9.90 Å². The molecule has 1 N–H and O–H groups in total. The van der Waals surface area contributed by atoms with E-state index < -0.39 is 11.9 Å². The Kier molecular flexibility index (Phi) is 6.10. The zero-order valence-electron chi connectivity index (χ0n) is 15.2. The Morgan fingerprint density at radius 1 is 0.852 bits per heavy atom. The Labute approximate surface area is 159 Å². The summed E-state index contributed by atoms with van der Waals surface area (Å²) in [6, 6.07) is 25.0. The van der Waals surface area contributed by atoms with Crippen LogP contribution < -0.4 is 9.47 Å². The summed E-state index contributed by atoms with van der Waals surface area (Å²) in [7, 11) is 0. The molecular formula is C23H22O4. The third kappa shape index (κ3) is 5.11. The Hall–Kier alpha value is -3.27. The lowest BCUT2D eigenvalue weighted by molar-refractivity contribution is -0.138. The van der Waals surface area contributed by atoms with E-state index in [1.807, 2.05) is 60.7 Å². The van der Waals surface area contributed by atoms with Gasteiger partial charge in [-0.2, -0.15) is 0 Å². The Morgan fingerprint density at radius 3 is 1.96 bits per heavy atom. The maximum atomic E-state index is 11.4. The fourth-order valence-electron chi connectivity index (χ4n) is 2.70. The van der Waals surface area contributed by atoms with E-state index in [4.69, 9.17) is 9.47 Å². The summed E-state index contributed by atoms with van der Waals surface area (Å²) in [4.78, 5) is 11.4. The van der Waals surface area contributed by atoms with E-state index in [0.717, 1.165) is 11.1 Å². The quantitative estimate of drug-likeness (QED) is 0.610. The number of carbonyl (C=O) groups is 1. The minimum absolute atomic E-state index is 0.363. The van der Waals surface area contributed by atoms with Gasteiger partial charge in [-0.05, 0) is 24.1 Å². The van der Waals surface area contributed by atoms with Crippen LogP contribution in [0.2, 0.25) is 0 Å². The number of aliphatic carboxylic acids is 1. The molecule has 4 heteroatoms. The largest absolute Gasteiger partial charge is 0.489 e. The second-order valence-corrected chi connectivity index (χ2v) is 6.31. The predicted octanol–water partition coefficient (Wildman–Crippen LogP) is 5.03. The molecule has 3 aromatic carbocycles. The summed E-state index contributed by atoms with van der Waals surface area (Å²) in [5, 5.41) is 9.38. The smallest absolute Gasteiger partial charge is 0.310 e. The molecule has 0 aromatic heterocycles. The third-order valence-electron chi connectivity index (χ3n) is 4.31.